The SMILES string of the molecule is Cn1cc2cc(-c3cc4cn([C@@H]5CCN(C(=O)OC(C)(C)C)C5)nc4s3)cc(F)c2n1. The number of likely N-dealkylation sites (tertiary alicyclic amines) is 1. The molecular formula is C22H24FN5O2S. The minimum absolute atomic E-state index is 0.125. The van der Waals surface area contributed by atoms with Gasteiger partial charge in [-0.25, -0.2) is 9.18 Å². The van der Waals surface area contributed by atoms with Crippen molar-refractivity contribution in [3.05, 3.63) is 36.4 Å². The molecule has 0 N–H and O–H groups in total. The van der Waals surface area contributed by atoms with E-state index in [2.05, 4.69) is 5.10 Å². The summed E-state index contributed by atoms with van der Waals surface area (Å²) in [7, 11) is 1.79. The summed E-state index contributed by atoms with van der Waals surface area (Å²) in [6.07, 6.45) is 4.39. The summed E-state index contributed by atoms with van der Waals surface area (Å²) in [5, 5.41) is 10.7. The molecular weight excluding hydrogens is 417 g/mol. The fourth-order valence-corrected chi connectivity index (χ4v) is 4.97. The summed E-state index contributed by atoms with van der Waals surface area (Å²) < 4.78 is 23.5. The number of aryl methyl sites for hydroxylation is 1. The Labute approximate surface area is 183 Å². The predicted octanol–water partition coefficient (Wildman–Crippen LogP) is 4.97. The van der Waals surface area contributed by atoms with Gasteiger partial charge in [-0.05, 0) is 51.0 Å². The standard InChI is InChI=1S/C22H24FN5O2S/c1-22(2,3)30-21(29)27-6-5-16(12-27)28-11-15-9-18(31-20(15)25-28)13-7-14-10-26(4)24-19(14)17(23)8-13/h7-11,16H,5-6,12H2,1-4H3/t16-/m1/s1. The highest BCUT2D eigenvalue weighted by molar-refractivity contribution is 7.21. The minimum atomic E-state index is -0.502. The van der Waals surface area contributed by atoms with Gasteiger partial charge in [0.15, 0.2) is 5.82 Å². The fourth-order valence-electron chi connectivity index (χ4n) is 3.98. The number of carbonyl (C=O) groups is 1. The first kappa shape index (κ1) is 20.0. The van der Waals surface area contributed by atoms with Crippen molar-refractivity contribution in [1.29, 1.82) is 0 Å². The van der Waals surface area contributed by atoms with E-state index in [9.17, 15) is 9.18 Å². The molecule has 1 saturated heterocycles. The van der Waals surface area contributed by atoms with Gasteiger partial charge < -0.3 is 9.64 Å². The summed E-state index contributed by atoms with van der Waals surface area (Å²) in [5.41, 5.74) is 0.705. The van der Waals surface area contributed by atoms with Crippen LogP contribution in [0.25, 0.3) is 31.6 Å². The third-order valence-corrected chi connectivity index (χ3v) is 6.45. The smallest absolute Gasteiger partial charge is 0.410 e. The maximum absolute atomic E-state index is 14.5. The number of hydrogen-bond donors (Lipinski definition) is 0. The van der Waals surface area contributed by atoms with Crippen molar-refractivity contribution in [2.75, 3.05) is 13.1 Å². The van der Waals surface area contributed by atoms with Gasteiger partial charge in [0.25, 0.3) is 0 Å². The molecule has 5 rings (SSSR count). The van der Waals surface area contributed by atoms with Gasteiger partial charge in [0.2, 0.25) is 0 Å². The largest absolute Gasteiger partial charge is 0.444 e. The Balaban J connectivity index is 1.36. The Kier molecular flexibility index (Phi) is 4.55. The number of fused-ring (bicyclic) bond motifs is 2. The van der Waals surface area contributed by atoms with Crippen LogP contribution in [0.15, 0.2) is 30.6 Å². The Bertz CT molecular complexity index is 1270. The summed E-state index contributed by atoms with van der Waals surface area (Å²) in [5.74, 6) is -0.322. The molecule has 0 unspecified atom stereocenters. The van der Waals surface area contributed by atoms with E-state index in [1.54, 1.807) is 16.6 Å². The van der Waals surface area contributed by atoms with Gasteiger partial charge >= 0.3 is 6.09 Å². The fraction of sp³-hybridized carbons (Fsp3) is 0.409. The van der Waals surface area contributed by atoms with E-state index in [4.69, 9.17) is 9.84 Å². The van der Waals surface area contributed by atoms with Crippen molar-refractivity contribution in [3.63, 3.8) is 0 Å². The molecule has 1 aliphatic heterocycles. The third-order valence-electron chi connectivity index (χ3n) is 5.37. The first-order valence-corrected chi connectivity index (χ1v) is 11.1. The molecule has 0 aliphatic carbocycles. The zero-order valence-corrected chi connectivity index (χ0v) is 18.7. The average Bonchev–Trinajstić information content (AvgIpc) is 3.41. The van der Waals surface area contributed by atoms with Crippen molar-refractivity contribution in [2.45, 2.75) is 38.8 Å². The summed E-state index contributed by atoms with van der Waals surface area (Å²) in [4.78, 5) is 15.9. The highest BCUT2D eigenvalue weighted by Crippen LogP contribution is 2.36. The number of benzene rings is 1. The van der Waals surface area contributed by atoms with Gasteiger partial charge in [-0.2, -0.15) is 10.2 Å². The molecule has 7 nitrogen and oxygen atoms in total. The molecule has 0 saturated carbocycles. The van der Waals surface area contributed by atoms with Gasteiger partial charge in [-0.15, -0.1) is 11.3 Å². The molecule has 1 atom stereocenters. The third kappa shape index (κ3) is 3.78. The van der Waals surface area contributed by atoms with Crippen LogP contribution < -0.4 is 0 Å². The van der Waals surface area contributed by atoms with Crippen LogP contribution >= 0.6 is 11.3 Å². The molecule has 1 aliphatic rings. The second-order valence-corrected chi connectivity index (χ2v) is 10.1. The van der Waals surface area contributed by atoms with Crippen LogP contribution in [0, 0.1) is 5.82 Å². The quantitative estimate of drug-likeness (QED) is 0.440. The van der Waals surface area contributed by atoms with E-state index in [0.29, 0.717) is 18.6 Å². The lowest BCUT2D eigenvalue weighted by atomic mass is 10.1. The van der Waals surface area contributed by atoms with Crippen molar-refractivity contribution in [3.8, 4) is 10.4 Å². The first-order valence-electron chi connectivity index (χ1n) is 10.3. The lowest BCUT2D eigenvalue weighted by Gasteiger charge is -2.24. The molecule has 162 valence electrons. The van der Waals surface area contributed by atoms with E-state index >= 15 is 0 Å². The molecule has 1 amide bonds. The number of amides is 1. The number of rotatable bonds is 2. The van der Waals surface area contributed by atoms with Gasteiger partial charge in [0.1, 0.15) is 15.9 Å². The van der Waals surface area contributed by atoms with Crippen LogP contribution in [-0.2, 0) is 11.8 Å². The molecule has 31 heavy (non-hydrogen) atoms. The van der Waals surface area contributed by atoms with E-state index in [-0.39, 0.29) is 18.0 Å². The molecule has 3 aromatic heterocycles. The number of thiophene rings is 1. The number of halogens is 1. The van der Waals surface area contributed by atoms with E-state index in [1.165, 1.54) is 17.4 Å². The number of carbonyl (C=O) groups excluding carboxylic acids is 1. The van der Waals surface area contributed by atoms with E-state index in [1.807, 2.05) is 50.0 Å². The molecule has 9 heteroatoms. The van der Waals surface area contributed by atoms with Gasteiger partial charge in [-0.1, -0.05) is 0 Å². The normalized spacial score (nSPS) is 17.2. The second kappa shape index (κ2) is 7.05. The molecule has 4 aromatic rings. The van der Waals surface area contributed by atoms with Crippen molar-refractivity contribution >= 4 is 38.5 Å². The number of nitrogens with zero attached hydrogens (tertiary/aromatic N) is 5. The zero-order valence-electron chi connectivity index (χ0n) is 17.9. The highest BCUT2D eigenvalue weighted by Gasteiger charge is 2.31. The minimum Gasteiger partial charge on any atom is -0.444 e. The van der Waals surface area contributed by atoms with Gasteiger partial charge in [0, 0.05) is 48.2 Å². The Morgan fingerprint density at radius 2 is 2.00 bits per heavy atom. The van der Waals surface area contributed by atoms with Crippen LogP contribution in [0.2, 0.25) is 0 Å². The van der Waals surface area contributed by atoms with Gasteiger partial charge in [0.05, 0.1) is 6.04 Å². The second-order valence-electron chi connectivity index (χ2n) is 9.05. The molecule has 4 heterocycles. The number of hydrogen-bond acceptors (Lipinski definition) is 5. The van der Waals surface area contributed by atoms with Crippen LogP contribution in [-0.4, -0.2) is 49.2 Å². The highest BCUT2D eigenvalue weighted by atomic mass is 32.1. The molecule has 0 radical (unpaired) electrons. The molecule has 1 fully saturated rings. The van der Waals surface area contributed by atoms with Crippen LogP contribution in [0.3, 0.4) is 0 Å². The van der Waals surface area contributed by atoms with Crippen LogP contribution in [0.1, 0.15) is 33.2 Å². The summed E-state index contributed by atoms with van der Waals surface area (Å²) in [6, 6.07) is 5.66. The topological polar surface area (TPSA) is 65.2 Å². The molecule has 1 aromatic carbocycles. The Morgan fingerprint density at radius 3 is 2.74 bits per heavy atom. The van der Waals surface area contributed by atoms with Crippen LogP contribution in [0.4, 0.5) is 9.18 Å². The van der Waals surface area contributed by atoms with Crippen molar-refractivity contribution < 1.29 is 13.9 Å². The monoisotopic (exact) mass is 441 g/mol. The average molecular weight is 442 g/mol. The van der Waals surface area contributed by atoms with E-state index < -0.39 is 5.60 Å². The lowest BCUT2D eigenvalue weighted by Crippen LogP contribution is -2.35. The van der Waals surface area contributed by atoms with Crippen LogP contribution in [0.5, 0.6) is 0 Å². The zero-order chi connectivity index (χ0) is 21.9. The first-order chi connectivity index (χ1) is 14.7. The maximum atomic E-state index is 14.5. The summed E-state index contributed by atoms with van der Waals surface area (Å²) in [6.45, 7) is 6.85. The predicted molar refractivity (Wildman–Crippen MR) is 119 cm³/mol. The van der Waals surface area contributed by atoms with Crippen molar-refractivity contribution in [1.82, 2.24) is 24.5 Å². The lowest BCUT2D eigenvalue weighted by molar-refractivity contribution is 0.0288. The molecule has 0 spiro atoms. The summed E-state index contributed by atoms with van der Waals surface area (Å²) >= 11 is 1.54. The molecule has 0 bridgehead atoms. The van der Waals surface area contributed by atoms with E-state index in [0.717, 1.165) is 32.5 Å². The Morgan fingerprint density at radius 1 is 1.19 bits per heavy atom. The number of aromatic nitrogens is 4. The van der Waals surface area contributed by atoms with Gasteiger partial charge in [-0.3, -0.25) is 9.36 Å². The Hall–Kier alpha value is -2.94. The van der Waals surface area contributed by atoms with Crippen molar-refractivity contribution in [2.24, 2.45) is 7.05 Å². The number of ether oxygens (including phenoxy) is 1. The maximum Gasteiger partial charge on any atom is 0.410 e.